The third kappa shape index (κ3) is 4.31. The summed E-state index contributed by atoms with van der Waals surface area (Å²) in [6.07, 6.45) is 13.6. The second kappa shape index (κ2) is 6.42. The number of carbonyl (C=O) groups is 1. The Morgan fingerprint density at radius 3 is 3.20 bits per heavy atom. The molecule has 0 aromatic carbocycles. The Labute approximate surface area is 91.7 Å². The molecule has 0 aromatic rings. The minimum Gasteiger partial charge on any atom is -0.370 e. The van der Waals surface area contributed by atoms with Gasteiger partial charge in [-0.15, -0.1) is 12.3 Å². The maximum Gasteiger partial charge on any atom is 0.122 e. The summed E-state index contributed by atoms with van der Waals surface area (Å²) < 4.78 is 5.76. The van der Waals surface area contributed by atoms with E-state index < -0.39 is 0 Å². The highest BCUT2D eigenvalue weighted by molar-refractivity contribution is 5.50. The van der Waals surface area contributed by atoms with Crippen LogP contribution in [0.2, 0.25) is 0 Å². The van der Waals surface area contributed by atoms with E-state index in [0.29, 0.717) is 12.3 Å². The van der Waals surface area contributed by atoms with E-state index in [1.165, 1.54) is 0 Å². The maximum atomic E-state index is 10.4. The lowest BCUT2D eigenvalue weighted by atomic mass is 9.97. The summed E-state index contributed by atoms with van der Waals surface area (Å²) in [7, 11) is 0. The summed E-state index contributed by atoms with van der Waals surface area (Å²) in [5, 5.41) is 0. The average molecular weight is 206 g/mol. The van der Waals surface area contributed by atoms with Crippen LogP contribution in [-0.4, -0.2) is 18.5 Å². The van der Waals surface area contributed by atoms with Gasteiger partial charge in [0, 0.05) is 12.8 Å². The van der Waals surface area contributed by atoms with Crippen LogP contribution in [0.4, 0.5) is 0 Å². The molecule has 0 spiro atoms. The Morgan fingerprint density at radius 1 is 1.73 bits per heavy atom. The van der Waals surface area contributed by atoms with Gasteiger partial charge in [0.2, 0.25) is 0 Å². The normalized spacial score (nSPS) is 26.9. The maximum absolute atomic E-state index is 10.4. The second-order valence-electron chi connectivity index (χ2n) is 4.11. The first kappa shape index (κ1) is 12.0. The van der Waals surface area contributed by atoms with Gasteiger partial charge in [-0.1, -0.05) is 19.1 Å². The zero-order valence-corrected chi connectivity index (χ0v) is 9.19. The summed E-state index contributed by atoms with van der Waals surface area (Å²) in [6, 6.07) is 0. The van der Waals surface area contributed by atoms with Gasteiger partial charge in [0.1, 0.15) is 6.29 Å². The van der Waals surface area contributed by atoms with E-state index in [9.17, 15) is 4.79 Å². The monoisotopic (exact) mass is 206 g/mol. The van der Waals surface area contributed by atoms with Gasteiger partial charge in [-0.05, 0) is 18.8 Å². The standard InChI is InChI=1S/C13H18O2/c1-3-5-11(2)10-13-7-4-6-12(15-13)8-9-14/h1,4,6,9,11-13H,5,7-8,10H2,2H3/t11-,12-,13-/m0/s1. The molecule has 82 valence electrons. The Kier molecular flexibility index (Phi) is 5.14. The lowest BCUT2D eigenvalue weighted by Gasteiger charge is -2.26. The van der Waals surface area contributed by atoms with E-state index in [0.717, 1.165) is 25.5 Å². The molecule has 0 N–H and O–H groups in total. The zero-order chi connectivity index (χ0) is 11.1. The largest absolute Gasteiger partial charge is 0.370 e. The molecular formula is C13H18O2. The van der Waals surface area contributed by atoms with Gasteiger partial charge in [-0.2, -0.15) is 0 Å². The van der Waals surface area contributed by atoms with Crippen LogP contribution in [-0.2, 0) is 9.53 Å². The molecule has 0 amide bonds. The van der Waals surface area contributed by atoms with E-state index >= 15 is 0 Å². The second-order valence-corrected chi connectivity index (χ2v) is 4.11. The molecule has 3 atom stereocenters. The topological polar surface area (TPSA) is 26.3 Å². The highest BCUT2D eigenvalue weighted by Crippen LogP contribution is 2.21. The molecule has 1 aliphatic heterocycles. The van der Waals surface area contributed by atoms with Crippen molar-refractivity contribution in [2.24, 2.45) is 5.92 Å². The molecule has 0 aliphatic carbocycles. The fourth-order valence-corrected chi connectivity index (χ4v) is 1.84. The van der Waals surface area contributed by atoms with Crippen LogP contribution >= 0.6 is 0 Å². The van der Waals surface area contributed by atoms with E-state index in [2.05, 4.69) is 18.9 Å². The van der Waals surface area contributed by atoms with Crippen molar-refractivity contribution in [1.29, 1.82) is 0 Å². The minimum atomic E-state index is -0.0284. The summed E-state index contributed by atoms with van der Waals surface area (Å²) in [5.74, 6) is 3.15. The lowest BCUT2D eigenvalue weighted by molar-refractivity contribution is -0.111. The predicted molar refractivity (Wildman–Crippen MR) is 60.3 cm³/mol. The third-order valence-corrected chi connectivity index (χ3v) is 2.58. The molecule has 0 aromatic heterocycles. The molecule has 0 bridgehead atoms. The van der Waals surface area contributed by atoms with Crippen molar-refractivity contribution in [3.63, 3.8) is 0 Å². The van der Waals surface area contributed by atoms with E-state index in [1.54, 1.807) is 0 Å². The SMILES string of the molecule is C#CC[C@H](C)C[C@@H]1CC=C[C@@H](CC=O)O1. The van der Waals surface area contributed by atoms with E-state index in [4.69, 9.17) is 11.2 Å². The third-order valence-electron chi connectivity index (χ3n) is 2.58. The van der Waals surface area contributed by atoms with Gasteiger partial charge in [-0.3, -0.25) is 0 Å². The summed E-state index contributed by atoms with van der Waals surface area (Å²) >= 11 is 0. The van der Waals surface area contributed by atoms with Gasteiger partial charge >= 0.3 is 0 Å². The van der Waals surface area contributed by atoms with Crippen molar-refractivity contribution >= 4 is 6.29 Å². The Bertz CT molecular complexity index is 262. The highest BCUT2D eigenvalue weighted by Gasteiger charge is 2.19. The predicted octanol–water partition coefficient (Wildman–Crippen LogP) is 2.34. The van der Waals surface area contributed by atoms with Crippen LogP contribution in [0.15, 0.2) is 12.2 Å². The number of aldehydes is 1. The summed E-state index contributed by atoms with van der Waals surface area (Å²) in [5.41, 5.74) is 0. The minimum absolute atomic E-state index is 0.0284. The van der Waals surface area contributed by atoms with Gasteiger partial charge in [-0.25, -0.2) is 0 Å². The van der Waals surface area contributed by atoms with Crippen molar-refractivity contribution in [3.05, 3.63) is 12.2 Å². The molecule has 2 nitrogen and oxygen atoms in total. The molecule has 1 heterocycles. The van der Waals surface area contributed by atoms with Crippen molar-refractivity contribution in [1.82, 2.24) is 0 Å². The van der Waals surface area contributed by atoms with Gasteiger partial charge in [0.15, 0.2) is 0 Å². The average Bonchev–Trinajstić information content (AvgIpc) is 2.19. The molecule has 0 radical (unpaired) electrons. The molecule has 2 heteroatoms. The lowest BCUT2D eigenvalue weighted by Crippen LogP contribution is -2.26. The summed E-state index contributed by atoms with van der Waals surface area (Å²) in [6.45, 7) is 2.14. The molecule has 1 rings (SSSR count). The Morgan fingerprint density at radius 2 is 2.53 bits per heavy atom. The van der Waals surface area contributed by atoms with Gasteiger partial charge in [0.05, 0.1) is 12.2 Å². The van der Waals surface area contributed by atoms with Gasteiger partial charge in [0.25, 0.3) is 0 Å². The molecule has 0 saturated carbocycles. The van der Waals surface area contributed by atoms with Crippen LogP contribution in [0.3, 0.4) is 0 Å². The number of terminal acetylenes is 1. The fourth-order valence-electron chi connectivity index (χ4n) is 1.84. The van der Waals surface area contributed by atoms with Crippen molar-refractivity contribution in [2.45, 2.75) is 44.8 Å². The molecular weight excluding hydrogens is 188 g/mol. The van der Waals surface area contributed by atoms with Crippen LogP contribution in [0.5, 0.6) is 0 Å². The number of ether oxygens (including phenoxy) is 1. The van der Waals surface area contributed by atoms with E-state index in [-0.39, 0.29) is 12.2 Å². The molecule has 0 saturated heterocycles. The Hall–Kier alpha value is -1.07. The van der Waals surface area contributed by atoms with Crippen LogP contribution in [0.25, 0.3) is 0 Å². The first-order valence-corrected chi connectivity index (χ1v) is 5.45. The van der Waals surface area contributed by atoms with Crippen LogP contribution in [0.1, 0.15) is 32.6 Å². The van der Waals surface area contributed by atoms with Crippen LogP contribution < -0.4 is 0 Å². The molecule has 0 fully saturated rings. The highest BCUT2D eigenvalue weighted by atomic mass is 16.5. The van der Waals surface area contributed by atoms with Crippen molar-refractivity contribution < 1.29 is 9.53 Å². The van der Waals surface area contributed by atoms with Gasteiger partial charge < -0.3 is 9.53 Å². The zero-order valence-electron chi connectivity index (χ0n) is 9.19. The first-order chi connectivity index (χ1) is 7.26. The summed E-state index contributed by atoms with van der Waals surface area (Å²) in [4.78, 5) is 10.4. The van der Waals surface area contributed by atoms with Crippen molar-refractivity contribution in [3.8, 4) is 12.3 Å². The molecule has 0 unspecified atom stereocenters. The number of hydrogen-bond acceptors (Lipinski definition) is 2. The van der Waals surface area contributed by atoms with Crippen LogP contribution in [0, 0.1) is 18.3 Å². The molecule has 1 aliphatic rings. The van der Waals surface area contributed by atoms with Crippen molar-refractivity contribution in [2.75, 3.05) is 0 Å². The Balaban J connectivity index is 2.35. The smallest absolute Gasteiger partial charge is 0.122 e. The fraction of sp³-hybridized carbons (Fsp3) is 0.615. The number of rotatable bonds is 5. The number of hydrogen-bond donors (Lipinski definition) is 0. The molecule has 15 heavy (non-hydrogen) atoms. The first-order valence-electron chi connectivity index (χ1n) is 5.45. The number of carbonyl (C=O) groups excluding carboxylic acids is 1. The quantitative estimate of drug-likeness (QED) is 0.392. The van der Waals surface area contributed by atoms with E-state index in [1.807, 2.05) is 6.08 Å².